The molecule has 0 aromatic rings. The van der Waals surface area contributed by atoms with Crippen LogP contribution in [-0.4, -0.2) is 32.1 Å². The van der Waals surface area contributed by atoms with E-state index in [1.54, 1.807) is 0 Å². The van der Waals surface area contributed by atoms with Gasteiger partial charge in [0.15, 0.2) is 5.79 Å². The van der Waals surface area contributed by atoms with Crippen molar-refractivity contribution in [3.05, 3.63) is 0 Å². The molecule has 0 radical (unpaired) electrons. The van der Waals surface area contributed by atoms with Crippen molar-refractivity contribution in [3.8, 4) is 0 Å². The van der Waals surface area contributed by atoms with Gasteiger partial charge in [0.05, 0.1) is 19.3 Å². The molecule has 1 aliphatic carbocycles. The second-order valence-electron chi connectivity index (χ2n) is 5.64. The van der Waals surface area contributed by atoms with Crippen LogP contribution in [0.4, 0.5) is 0 Å². The summed E-state index contributed by atoms with van der Waals surface area (Å²) in [4.78, 5) is 0. The van der Waals surface area contributed by atoms with Crippen LogP contribution >= 0.6 is 0 Å². The van der Waals surface area contributed by atoms with Gasteiger partial charge in [0, 0.05) is 11.8 Å². The summed E-state index contributed by atoms with van der Waals surface area (Å²) in [7, 11) is 2.00. The van der Waals surface area contributed by atoms with Gasteiger partial charge in [0.25, 0.3) is 0 Å². The van der Waals surface area contributed by atoms with Gasteiger partial charge in [0.2, 0.25) is 0 Å². The Hall–Kier alpha value is -0.120. The fraction of sp³-hybridized carbons (Fsp3) is 1.00. The summed E-state index contributed by atoms with van der Waals surface area (Å²) in [5.41, 5.74) is 0.168. The van der Waals surface area contributed by atoms with E-state index in [2.05, 4.69) is 19.2 Å². The number of hydrogen-bond donors (Lipinski definition) is 1. The Balaban J connectivity index is 2.05. The van der Waals surface area contributed by atoms with Crippen molar-refractivity contribution in [2.45, 2.75) is 51.4 Å². The first kappa shape index (κ1) is 11.4. The number of likely N-dealkylation sites (N-methyl/N-ethyl adjacent to an activating group) is 1. The topological polar surface area (TPSA) is 30.5 Å². The molecule has 2 fully saturated rings. The van der Waals surface area contributed by atoms with E-state index >= 15 is 0 Å². The summed E-state index contributed by atoms with van der Waals surface area (Å²) < 4.78 is 12.1. The van der Waals surface area contributed by atoms with Crippen molar-refractivity contribution in [2.24, 2.45) is 5.41 Å². The molecule has 0 aromatic carbocycles. The average Bonchev–Trinajstić information content (AvgIpc) is 2.24. The van der Waals surface area contributed by atoms with Gasteiger partial charge in [-0.2, -0.15) is 0 Å². The fourth-order valence-corrected chi connectivity index (χ4v) is 2.54. The molecule has 1 N–H and O–H groups in total. The summed E-state index contributed by atoms with van der Waals surface area (Å²) in [5, 5.41) is 3.34. The SMILES string of the molecule is CNC1CCCCC12OCC(C)(C)CO2. The fourth-order valence-electron chi connectivity index (χ4n) is 2.54. The Morgan fingerprint density at radius 3 is 2.40 bits per heavy atom. The Labute approximate surface area is 92.5 Å². The van der Waals surface area contributed by atoms with Gasteiger partial charge < -0.3 is 14.8 Å². The molecule has 1 aliphatic heterocycles. The summed E-state index contributed by atoms with van der Waals surface area (Å²) in [5.74, 6) is -0.331. The highest BCUT2D eigenvalue weighted by Gasteiger charge is 2.47. The van der Waals surface area contributed by atoms with E-state index in [1.807, 2.05) is 7.05 Å². The summed E-state index contributed by atoms with van der Waals surface area (Å²) >= 11 is 0. The van der Waals surface area contributed by atoms with E-state index in [0.717, 1.165) is 26.1 Å². The first-order valence-corrected chi connectivity index (χ1v) is 6.03. The quantitative estimate of drug-likeness (QED) is 0.722. The van der Waals surface area contributed by atoms with Crippen molar-refractivity contribution in [3.63, 3.8) is 0 Å². The molecule has 0 bridgehead atoms. The van der Waals surface area contributed by atoms with Crippen LogP contribution in [0.3, 0.4) is 0 Å². The Kier molecular flexibility index (Phi) is 3.06. The third-order valence-electron chi connectivity index (χ3n) is 3.56. The predicted molar refractivity (Wildman–Crippen MR) is 59.7 cm³/mol. The first-order valence-electron chi connectivity index (χ1n) is 6.03. The van der Waals surface area contributed by atoms with E-state index in [4.69, 9.17) is 9.47 Å². The van der Waals surface area contributed by atoms with Crippen molar-refractivity contribution in [1.29, 1.82) is 0 Å². The Morgan fingerprint density at radius 2 is 1.80 bits per heavy atom. The highest BCUT2D eigenvalue weighted by molar-refractivity contribution is 4.92. The van der Waals surface area contributed by atoms with Crippen LogP contribution in [0, 0.1) is 5.41 Å². The number of hydrogen-bond acceptors (Lipinski definition) is 3. The molecular formula is C12H23NO2. The van der Waals surface area contributed by atoms with Gasteiger partial charge in [-0.3, -0.25) is 0 Å². The first-order chi connectivity index (χ1) is 7.08. The lowest BCUT2D eigenvalue weighted by Crippen LogP contribution is -2.59. The second-order valence-corrected chi connectivity index (χ2v) is 5.64. The molecule has 2 aliphatic rings. The standard InChI is InChI=1S/C12H23NO2/c1-11(2)8-14-12(15-9-11)7-5-4-6-10(12)13-3/h10,13H,4-9H2,1-3H3. The van der Waals surface area contributed by atoms with E-state index in [0.29, 0.717) is 6.04 Å². The second kappa shape index (κ2) is 4.04. The zero-order valence-corrected chi connectivity index (χ0v) is 10.1. The zero-order chi connectivity index (χ0) is 10.9. The van der Waals surface area contributed by atoms with Crippen LogP contribution in [0.25, 0.3) is 0 Å². The van der Waals surface area contributed by atoms with Crippen LogP contribution in [0.1, 0.15) is 39.5 Å². The molecule has 15 heavy (non-hydrogen) atoms. The van der Waals surface area contributed by atoms with Gasteiger partial charge in [-0.1, -0.05) is 20.3 Å². The molecule has 1 saturated carbocycles. The number of ether oxygens (including phenoxy) is 2. The van der Waals surface area contributed by atoms with Gasteiger partial charge in [0.1, 0.15) is 0 Å². The predicted octanol–water partition coefficient (Wildman–Crippen LogP) is 1.92. The third-order valence-corrected chi connectivity index (χ3v) is 3.56. The monoisotopic (exact) mass is 213 g/mol. The van der Waals surface area contributed by atoms with Crippen LogP contribution in [-0.2, 0) is 9.47 Å². The van der Waals surface area contributed by atoms with Crippen molar-refractivity contribution in [1.82, 2.24) is 5.32 Å². The molecule has 3 nitrogen and oxygen atoms in total. The third kappa shape index (κ3) is 2.19. The van der Waals surface area contributed by atoms with Gasteiger partial charge >= 0.3 is 0 Å². The van der Waals surface area contributed by atoms with Crippen LogP contribution in [0.2, 0.25) is 0 Å². The van der Waals surface area contributed by atoms with Crippen LogP contribution in [0.5, 0.6) is 0 Å². The lowest BCUT2D eigenvalue weighted by Gasteiger charge is -2.49. The van der Waals surface area contributed by atoms with Crippen molar-refractivity contribution in [2.75, 3.05) is 20.3 Å². The van der Waals surface area contributed by atoms with Gasteiger partial charge in [-0.25, -0.2) is 0 Å². The minimum atomic E-state index is -0.331. The maximum atomic E-state index is 6.04. The molecular weight excluding hydrogens is 190 g/mol. The molecule has 1 heterocycles. The highest BCUT2D eigenvalue weighted by atomic mass is 16.7. The zero-order valence-electron chi connectivity index (χ0n) is 10.1. The van der Waals surface area contributed by atoms with Crippen LogP contribution < -0.4 is 5.32 Å². The Bertz CT molecular complexity index is 218. The normalized spacial score (nSPS) is 34.2. The molecule has 0 aromatic heterocycles. The smallest absolute Gasteiger partial charge is 0.183 e. The molecule has 1 spiro atoms. The average molecular weight is 213 g/mol. The van der Waals surface area contributed by atoms with Crippen molar-refractivity contribution >= 4 is 0 Å². The van der Waals surface area contributed by atoms with E-state index in [9.17, 15) is 0 Å². The largest absolute Gasteiger partial charge is 0.348 e. The van der Waals surface area contributed by atoms with E-state index < -0.39 is 0 Å². The minimum absolute atomic E-state index is 0.168. The Morgan fingerprint density at radius 1 is 1.13 bits per heavy atom. The molecule has 1 saturated heterocycles. The minimum Gasteiger partial charge on any atom is -0.348 e. The maximum Gasteiger partial charge on any atom is 0.183 e. The summed E-state index contributed by atoms with van der Waals surface area (Å²) in [6.45, 7) is 6.00. The molecule has 2 rings (SSSR count). The molecule has 0 amide bonds. The lowest BCUT2D eigenvalue weighted by atomic mass is 9.86. The molecule has 3 heteroatoms. The van der Waals surface area contributed by atoms with E-state index in [1.165, 1.54) is 12.8 Å². The number of nitrogens with one attached hydrogen (secondary N) is 1. The van der Waals surface area contributed by atoms with Gasteiger partial charge in [-0.05, 0) is 19.9 Å². The maximum absolute atomic E-state index is 6.04. The molecule has 1 unspecified atom stereocenters. The lowest BCUT2D eigenvalue weighted by molar-refractivity contribution is -0.319. The summed E-state index contributed by atoms with van der Waals surface area (Å²) in [6, 6.07) is 0.363. The van der Waals surface area contributed by atoms with Gasteiger partial charge in [-0.15, -0.1) is 0 Å². The van der Waals surface area contributed by atoms with E-state index in [-0.39, 0.29) is 11.2 Å². The highest BCUT2D eigenvalue weighted by Crippen LogP contribution is 2.39. The number of rotatable bonds is 1. The summed E-state index contributed by atoms with van der Waals surface area (Å²) in [6.07, 6.45) is 4.70. The molecule has 88 valence electrons. The van der Waals surface area contributed by atoms with Crippen molar-refractivity contribution < 1.29 is 9.47 Å². The molecule has 1 atom stereocenters. The van der Waals surface area contributed by atoms with Crippen LogP contribution in [0.15, 0.2) is 0 Å².